The summed E-state index contributed by atoms with van der Waals surface area (Å²) in [5.74, 6) is 1.62. The molecule has 15 heavy (non-hydrogen) atoms. The molecule has 1 aromatic heterocycles. The Morgan fingerprint density at radius 3 is 2.80 bits per heavy atom. The zero-order valence-corrected chi connectivity index (χ0v) is 10.5. The summed E-state index contributed by atoms with van der Waals surface area (Å²) < 4.78 is 0. The molecular weight excluding hydrogens is 254 g/mol. The number of hydrogen-bond acceptors (Lipinski definition) is 3. The summed E-state index contributed by atoms with van der Waals surface area (Å²) >= 11 is 3.59. The van der Waals surface area contributed by atoms with E-state index in [1.807, 2.05) is 18.5 Å². The summed E-state index contributed by atoms with van der Waals surface area (Å²) in [6.07, 6.45) is 6.03. The van der Waals surface area contributed by atoms with Gasteiger partial charge in [-0.25, -0.2) is 9.97 Å². The van der Waals surface area contributed by atoms with Crippen LogP contribution in [0.15, 0.2) is 18.5 Å². The van der Waals surface area contributed by atoms with E-state index >= 15 is 0 Å². The molecule has 0 saturated carbocycles. The van der Waals surface area contributed by atoms with E-state index in [-0.39, 0.29) is 0 Å². The SMILES string of the molecule is CCC1C(CBr)CCN1c1ncccn1. The summed E-state index contributed by atoms with van der Waals surface area (Å²) in [5.41, 5.74) is 0. The van der Waals surface area contributed by atoms with Crippen molar-refractivity contribution in [2.24, 2.45) is 5.92 Å². The average Bonchev–Trinajstić information content (AvgIpc) is 2.72. The summed E-state index contributed by atoms with van der Waals surface area (Å²) in [6, 6.07) is 2.45. The van der Waals surface area contributed by atoms with Crippen molar-refractivity contribution in [1.29, 1.82) is 0 Å². The molecule has 2 heterocycles. The smallest absolute Gasteiger partial charge is 0.225 e. The van der Waals surface area contributed by atoms with Gasteiger partial charge in [-0.1, -0.05) is 22.9 Å². The van der Waals surface area contributed by atoms with Crippen molar-refractivity contribution >= 4 is 21.9 Å². The molecule has 3 nitrogen and oxygen atoms in total. The molecule has 1 saturated heterocycles. The van der Waals surface area contributed by atoms with Crippen molar-refractivity contribution in [1.82, 2.24) is 9.97 Å². The summed E-state index contributed by atoms with van der Waals surface area (Å²) in [4.78, 5) is 11.0. The van der Waals surface area contributed by atoms with E-state index in [9.17, 15) is 0 Å². The van der Waals surface area contributed by atoms with Crippen molar-refractivity contribution in [2.45, 2.75) is 25.8 Å². The second kappa shape index (κ2) is 4.92. The number of nitrogens with zero attached hydrogens (tertiary/aromatic N) is 3. The van der Waals surface area contributed by atoms with Gasteiger partial charge in [0.2, 0.25) is 5.95 Å². The maximum absolute atomic E-state index is 4.33. The van der Waals surface area contributed by atoms with E-state index in [0.29, 0.717) is 6.04 Å². The molecule has 1 aliphatic rings. The van der Waals surface area contributed by atoms with Gasteiger partial charge in [-0.3, -0.25) is 0 Å². The number of halogens is 1. The topological polar surface area (TPSA) is 29.0 Å². The minimum Gasteiger partial charge on any atom is -0.338 e. The third kappa shape index (κ3) is 2.14. The molecule has 82 valence electrons. The van der Waals surface area contributed by atoms with Gasteiger partial charge in [0.1, 0.15) is 0 Å². The van der Waals surface area contributed by atoms with Crippen LogP contribution in [0, 0.1) is 5.92 Å². The van der Waals surface area contributed by atoms with Crippen LogP contribution in [0.2, 0.25) is 0 Å². The highest BCUT2D eigenvalue weighted by Gasteiger charge is 2.33. The van der Waals surface area contributed by atoms with E-state index < -0.39 is 0 Å². The van der Waals surface area contributed by atoms with Gasteiger partial charge in [0.25, 0.3) is 0 Å². The fraction of sp³-hybridized carbons (Fsp3) is 0.636. The molecule has 0 radical (unpaired) electrons. The van der Waals surface area contributed by atoms with Crippen molar-refractivity contribution in [3.63, 3.8) is 0 Å². The third-order valence-electron chi connectivity index (χ3n) is 3.11. The molecule has 0 spiro atoms. The maximum atomic E-state index is 4.33. The Labute approximate surface area is 99.0 Å². The van der Waals surface area contributed by atoms with E-state index in [0.717, 1.165) is 30.2 Å². The number of alkyl halides is 1. The van der Waals surface area contributed by atoms with Gasteiger partial charge in [-0.05, 0) is 24.8 Å². The highest BCUT2D eigenvalue weighted by atomic mass is 79.9. The second-order valence-corrected chi connectivity index (χ2v) is 4.57. The Balaban J connectivity index is 2.17. The fourth-order valence-corrected chi connectivity index (χ4v) is 3.09. The minimum atomic E-state index is 0.590. The zero-order valence-electron chi connectivity index (χ0n) is 8.93. The van der Waals surface area contributed by atoms with Crippen LogP contribution in [-0.2, 0) is 0 Å². The molecule has 1 fully saturated rings. The average molecular weight is 270 g/mol. The molecule has 2 unspecified atom stereocenters. The summed E-state index contributed by atoms with van der Waals surface area (Å²) in [5, 5.41) is 1.08. The number of hydrogen-bond donors (Lipinski definition) is 0. The first-order valence-corrected chi connectivity index (χ1v) is 6.58. The van der Waals surface area contributed by atoms with Crippen LogP contribution in [-0.4, -0.2) is 27.9 Å². The monoisotopic (exact) mass is 269 g/mol. The van der Waals surface area contributed by atoms with Gasteiger partial charge in [0.05, 0.1) is 0 Å². The lowest BCUT2D eigenvalue weighted by Crippen LogP contribution is -2.33. The molecular formula is C11H16BrN3. The standard InChI is InChI=1S/C11H16BrN3/c1-2-10-9(8-12)4-7-15(10)11-13-5-3-6-14-11/h3,5-6,9-10H,2,4,7-8H2,1H3. The first-order chi connectivity index (χ1) is 7.36. The number of aromatic nitrogens is 2. The van der Waals surface area contributed by atoms with Gasteiger partial charge in [0, 0.05) is 30.3 Å². The van der Waals surface area contributed by atoms with Crippen LogP contribution in [0.1, 0.15) is 19.8 Å². The third-order valence-corrected chi connectivity index (χ3v) is 3.94. The molecule has 0 aromatic carbocycles. The Morgan fingerprint density at radius 2 is 2.20 bits per heavy atom. The van der Waals surface area contributed by atoms with Gasteiger partial charge in [-0.2, -0.15) is 0 Å². The Kier molecular flexibility index (Phi) is 3.57. The largest absolute Gasteiger partial charge is 0.338 e. The van der Waals surface area contributed by atoms with E-state index in [4.69, 9.17) is 0 Å². The van der Waals surface area contributed by atoms with Crippen LogP contribution < -0.4 is 4.90 Å². The van der Waals surface area contributed by atoms with E-state index in [2.05, 4.69) is 37.7 Å². The minimum absolute atomic E-state index is 0.590. The molecule has 0 aliphatic carbocycles. The van der Waals surface area contributed by atoms with Gasteiger partial charge >= 0.3 is 0 Å². The predicted molar refractivity (Wildman–Crippen MR) is 65.4 cm³/mol. The van der Waals surface area contributed by atoms with E-state index in [1.165, 1.54) is 6.42 Å². The zero-order chi connectivity index (χ0) is 10.7. The number of rotatable bonds is 3. The molecule has 2 rings (SSSR count). The normalized spacial score (nSPS) is 25.9. The maximum Gasteiger partial charge on any atom is 0.225 e. The summed E-state index contributed by atoms with van der Waals surface area (Å²) in [6.45, 7) is 3.32. The molecule has 0 amide bonds. The van der Waals surface area contributed by atoms with Crippen molar-refractivity contribution in [2.75, 3.05) is 16.8 Å². The molecule has 0 N–H and O–H groups in total. The molecule has 0 bridgehead atoms. The second-order valence-electron chi connectivity index (χ2n) is 3.92. The highest BCUT2D eigenvalue weighted by Crippen LogP contribution is 2.30. The lowest BCUT2D eigenvalue weighted by Gasteiger charge is -2.26. The van der Waals surface area contributed by atoms with Crippen LogP contribution >= 0.6 is 15.9 Å². The fourth-order valence-electron chi connectivity index (χ4n) is 2.34. The van der Waals surface area contributed by atoms with Crippen LogP contribution in [0.5, 0.6) is 0 Å². The molecule has 1 aliphatic heterocycles. The summed E-state index contributed by atoms with van der Waals surface area (Å²) in [7, 11) is 0. The Hall–Kier alpha value is -0.640. The first kappa shape index (κ1) is 10.9. The van der Waals surface area contributed by atoms with Crippen molar-refractivity contribution in [3.05, 3.63) is 18.5 Å². The molecule has 1 aromatic rings. The Bertz CT molecular complexity index is 304. The quantitative estimate of drug-likeness (QED) is 0.790. The number of anilines is 1. The van der Waals surface area contributed by atoms with Gasteiger partial charge in [0.15, 0.2) is 0 Å². The van der Waals surface area contributed by atoms with Gasteiger partial charge in [-0.15, -0.1) is 0 Å². The highest BCUT2D eigenvalue weighted by molar-refractivity contribution is 9.09. The van der Waals surface area contributed by atoms with Crippen LogP contribution in [0.25, 0.3) is 0 Å². The Morgan fingerprint density at radius 1 is 1.47 bits per heavy atom. The van der Waals surface area contributed by atoms with Crippen molar-refractivity contribution < 1.29 is 0 Å². The lowest BCUT2D eigenvalue weighted by atomic mass is 10.0. The van der Waals surface area contributed by atoms with E-state index in [1.54, 1.807) is 0 Å². The van der Waals surface area contributed by atoms with Crippen molar-refractivity contribution in [3.8, 4) is 0 Å². The molecule has 4 heteroatoms. The first-order valence-electron chi connectivity index (χ1n) is 5.46. The molecule has 2 atom stereocenters. The lowest BCUT2D eigenvalue weighted by molar-refractivity contribution is 0.505. The van der Waals surface area contributed by atoms with Crippen LogP contribution in [0.4, 0.5) is 5.95 Å². The van der Waals surface area contributed by atoms with Gasteiger partial charge < -0.3 is 4.90 Å². The predicted octanol–water partition coefficient (Wildman–Crippen LogP) is 2.48. The van der Waals surface area contributed by atoms with Crippen LogP contribution in [0.3, 0.4) is 0 Å².